The molecule has 0 spiro atoms. The molecule has 138 valence electrons. The van der Waals surface area contributed by atoms with Crippen LogP contribution in [0.2, 0.25) is 0 Å². The van der Waals surface area contributed by atoms with E-state index in [0.717, 1.165) is 11.3 Å². The Kier molecular flexibility index (Phi) is 7.04. The van der Waals surface area contributed by atoms with Crippen molar-refractivity contribution in [3.8, 4) is 17.2 Å². The third-order valence-corrected chi connectivity index (χ3v) is 3.80. The summed E-state index contributed by atoms with van der Waals surface area (Å²) >= 11 is 5.16. The Balaban J connectivity index is 1.85. The van der Waals surface area contributed by atoms with Gasteiger partial charge in [-0.2, -0.15) is 0 Å². The molecular weight excluding hydrogens is 354 g/mol. The van der Waals surface area contributed by atoms with E-state index in [9.17, 15) is 4.79 Å². The highest BCUT2D eigenvalue weighted by atomic mass is 32.1. The van der Waals surface area contributed by atoms with Crippen LogP contribution in [-0.2, 0) is 6.54 Å². The molecular formula is C18H21N3O4S. The number of methoxy groups -OCH3 is 3. The third-order valence-electron chi connectivity index (χ3n) is 3.56. The van der Waals surface area contributed by atoms with E-state index in [1.165, 1.54) is 7.11 Å². The minimum Gasteiger partial charge on any atom is -0.497 e. The molecule has 0 bridgehead atoms. The first-order valence-corrected chi connectivity index (χ1v) is 8.17. The fourth-order valence-corrected chi connectivity index (χ4v) is 2.26. The molecule has 2 aromatic rings. The first-order valence-electron chi connectivity index (χ1n) is 7.76. The quantitative estimate of drug-likeness (QED) is 0.526. The molecule has 8 heteroatoms. The molecule has 0 fully saturated rings. The minimum atomic E-state index is -0.377. The highest BCUT2D eigenvalue weighted by molar-refractivity contribution is 7.80. The van der Waals surface area contributed by atoms with Crippen molar-refractivity contribution in [1.82, 2.24) is 16.2 Å². The van der Waals surface area contributed by atoms with Gasteiger partial charge >= 0.3 is 0 Å². The molecule has 26 heavy (non-hydrogen) atoms. The van der Waals surface area contributed by atoms with Crippen molar-refractivity contribution >= 4 is 23.2 Å². The predicted molar refractivity (Wildman–Crippen MR) is 103 cm³/mol. The molecule has 0 aliphatic heterocycles. The summed E-state index contributed by atoms with van der Waals surface area (Å²) in [5.74, 6) is 1.41. The normalized spacial score (nSPS) is 9.81. The lowest BCUT2D eigenvalue weighted by molar-refractivity contribution is 0.0940. The van der Waals surface area contributed by atoms with Crippen molar-refractivity contribution in [2.45, 2.75) is 6.54 Å². The number of hydrazine groups is 1. The lowest BCUT2D eigenvalue weighted by atomic mass is 10.2. The van der Waals surface area contributed by atoms with Crippen LogP contribution in [0.5, 0.6) is 17.2 Å². The molecule has 0 atom stereocenters. The monoisotopic (exact) mass is 375 g/mol. The molecule has 3 N–H and O–H groups in total. The summed E-state index contributed by atoms with van der Waals surface area (Å²) in [5, 5.41) is 3.30. The second-order valence-electron chi connectivity index (χ2n) is 5.18. The first kappa shape index (κ1) is 19.3. The van der Waals surface area contributed by atoms with E-state index in [-0.39, 0.29) is 5.91 Å². The summed E-state index contributed by atoms with van der Waals surface area (Å²) in [4.78, 5) is 12.3. The van der Waals surface area contributed by atoms with E-state index >= 15 is 0 Å². The van der Waals surface area contributed by atoms with E-state index < -0.39 is 0 Å². The maximum Gasteiger partial charge on any atom is 0.273 e. The summed E-state index contributed by atoms with van der Waals surface area (Å²) in [6, 6.07) is 12.5. The van der Waals surface area contributed by atoms with E-state index in [1.807, 2.05) is 24.3 Å². The molecule has 7 nitrogen and oxygen atoms in total. The Bertz CT molecular complexity index is 766. The topological polar surface area (TPSA) is 80.9 Å². The Morgan fingerprint density at radius 3 is 2.19 bits per heavy atom. The SMILES string of the molecule is COc1ccc(CNC(=S)NNC(=O)c2ccc(OC)cc2OC)cc1. The number of ether oxygens (including phenoxy) is 3. The number of carbonyl (C=O) groups excluding carboxylic acids is 1. The molecule has 2 aromatic carbocycles. The number of amides is 1. The summed E-state index contributed by atoms with van der Waals surface area (Å²) in [6.45, 7) is 0.511. The fraction of sp³-hybridized carbons (Fsp3) is 0.222. The summed E-state index contributed by atoms with van der Waals surface area (Å²) in [7, 11) is 4.65. The van der Waals surface area contributed by atoms with Crippen molar-refractivity contribution in [2.24, 2.45) is 0 Å². The third kappa shape index (κ3) is 5.25. The van der Waals surface area contributed by atoms with Gasteiger partial charge < -0.3 is 19.5 Å². The maximum atomic E-state index is 12.3. The molecule has 0 saturated heterocycles. The number of carbonyl (C=O) groups is 1. The Hall–Kier alpha value is -3.00. The second-order valence-corrected chi connectivity index (χ2v) is 5.58. The van der Waals surface area contributed by atoms with Crippen LogP contribution in [-0.4, -0.2) is 32.3 Å². The number of thiocarbonyl (C=S) groups is 1. The van der Waals surface area contributed by atoms with Gasteiger partial charge in [-0.05, 0) is 42.0 Å². The van der Waals surface area contributed by atoms with Gasteiger partial charge in [-0.3, -0.25) is 15.6 Å². The average molecular weight is 375 g/mol. The van der Waals surface area contributed by atoms with Crippen molar-refractivity contribution in [2.75, 3.05) is 21.3 Å². The van der Waals surface area contributed by atoms with Crippen molar-refractivity contribution in [1.29, 1.82) is 0 Å². The molecule has 0 heterocycles. The lowest BCUT2D eigenvalue weighted by Gasteiger charge is -2.14. The molecule has 1 amide bonds. The highest BCUT2D eigenvalue weighted by Gasteiger charge is 2.13. The molecule has 0 saturated carbocycles. The smallest absolute Gasteiger partial charge is 0.273 e. The summed E-state index contributed by atoms with van der Waals surface area (Å²) in [6.07, 6.45) is 0. The Labute approximate surface area is 157 Å². The van der Waals surface area contributed by atoms with Crippen LogP contribution in [0, 0.1) is 0 Å². The Morgan fingerprint density at radius 2 is 1.58 bits per heavy atom. The molecule has 0 aliphatic carbocycles. The van der Waals surface area contributed by atoms with Crippen molar-refractivity contribution in [3.05, 3.63) is 53.6 Å². The number of nitrogens with one attached hydrogen (secondary N) is 3. The lowest BCUT2D eigenvalue weighted by Crippen LogP contribution is -2.46. The van der Waals surface area contributed by atoms with Crippen LogP contribution in [0.25, 0.3) is 0 Å². The molecule has 0 aliphatic rings. The second kappa shape index (κ2) is 9.47. The number of hydrogen-bond donors (Lipinski definition) is 3. The predicted octanol–water partition coefficient (Wildman–Crippen LogP) is 2.02. The van der Waals surface area contributed by atoms with Gasteiger partial charge in [0.25, 0.3) is 5.91 Å². The van der Waals surface area contributed by atoms with Gasteiger partial charge in [0.15, 0.2) is 5.11 Å². The van der Waals surface area contributed by atoms with Crippen LogP contribution in [0.4, 0.5) is 0 Å². The zero-order valence-electron chi connectivity index (χ0n) is 14.8. The van der Waals surface area contributed by atoms with Crippen LogP contribution in [0.15, 0.2) is 42.5 Å². The van der Waals surface area contributed by atoms with E-state index in [0.29, 0.717) is 28.7 Å². The van der Waals surface area contributed by atoms with Gasteiger partial charge in [0.1, 0.15) is 17.2 Å². The minimum absolute atomic E-state index is 0.293. The summed E-state index contributed by atoms with van der Waals surface area (Å²) in [5.41, 5.74) is 6.58. The molecule has 0 radical (unpaired) electrons. The fourth-order valence-electron chi connectivity index (χ4n) is 2.14. The van der Waals surface area contributed by atoms with Crippen LogP contribution in [0.1, 0.15) is 15.9 Å². The largest absolute Gasteiger partial charge is 0.497 e. The summed E-state index contributed by atoms with van der Waals surface area (Å²) < 4.78 is 15.4. The van der Waals surface area contributed by atoms with Gasteiger partial charge in [0.2, 0.25) is 0 Å². The van der Waals surface area contributed by atoms with Gasteiger partial charge in [-0.25, -0.2) is 0 Å². The van der Waals surface area contributed by atoms with Crippen molar-refractivity contribution in [3.63, 3.8) is 0 Å². The van der Waals surface area contributed by atoms with Crippen LogP contribution in [0.3, 0.4) is 0 Å². The zero-order valence-corrected chi connectivity index (χ0v) is 15.6. The average Bonchev–Trinajstić information content (AvgIpc) is 2.70. The number of rotatable bonds is 6. The molecule has 0 unspecified atom stereocenters. The van der Waals surface area contributed by atoms with Gasteiger partial charge in [0.05, 0.1) is 26.9 Å². The number of hydrogen-bond acceptors (Lipinski definition) is 5. The van der Waals surface area contributed by atoms with E-state index in [1.54, 1.807) is 32.4 Å². The van der Waals surface area contributed by atoms with Crippen LogP contribution >= 0.6 is 12.2 Å². The number of benzene rings is 2. The standard InChI is InChI=1S/C18H21N3O4S/c1-23-13-6-4-12(5-7-13)11-19-18(26)21-20-17(22)15-9-8-14(24-2)10-16(15)25-3/h4-10H,11H2,1-3H3,(H,20,22)(H2,19,21,26). The molecule has 2 rings (SSSR count). The van der Waals surface area contributed by atoms with E-state index in [2.05, 4.69) is 16.2 Å². The maximum absolute atomic E-state index is 12.3. The van der Waals surface area contributed by atoms with Gasteiger partial charge in [0, 0.05) is 12.6 Å². The zero-order chi connectivity index (χ0) is 18.9. The van der Waals surface area contributed by atoms with Gasteiger partial charge in [-0.15, -0.1) is 0 Å². The van der Waals surface area contributed by atoms with Crippen molar-refractivity contribution < 1.29 is 19.0 Å². The first-order chi connectivity index (χ1) is 12.6. The van der Waals surface area contributed by atoms with Gasteiger partial charge in [-0.1, -0.05) is 12.1 Å². The Morgan fingerprint density at radius 1 is 0.923 bits per heavy atom. The highest BCUT2D eigenvalue weighted by Crippen LogP contribution is 2.24. The molecule has 0 aromatic heterocycles. The van der Waals surface area contributed by atoms with Crippen LogP contribution < -0.4 is 30.4 Å². The van der Waals surface area contributed by atoms with E-state index in [4.69, 9.17) is 26.4 Å².